The summed E-state index contributed by atoms with van der Waals surface area (Å²) in [6.45, 7) is 4.59. The number of anilines is 1. The number of likely N-dealkylation sites (tertiary alicyclic amines) is 1. The molecule has 2 aromatic carbocycles. The summed E-state index contributed by atoms with van der Waals surface area (Å²) in [6, 6.07) is 13.0. The molecule has 0 N–H and O–H groups in total. The van der Waals surface area contributed by atoms with Gasteiger partial charge in [-0.15, -0.1) is 0 Å². The van der Waals surface area contributed by atoms with Gasteiger partial charge in [0.15, 0.2) is 6.61 Å². The Kier molecular flexibility index (Phi) is 6.92. The maximum absolute atomic E-state index is 13.6. The Hall–Kier alpha value is -2.77. The van der Waals surface area contributed by atoms with Crippen molar-refractivity contribution in [2.45, 2.75) is 38.4 Å². The molecule has 0 bridgehead atoms. The van der Waals surface area contributed by atoms with Crippen molar-refractivity contribution in [2.24, 2.45) is 0 Å². The Morgan fingerprint density at radius 3 is 2.50 bits per heavy atom. The number of rotatable bonds is 5. The van der Waals surface area contributed by atoms with Crippen LogP contribution in [0, 0.1) is 0 Å². The molecule has 0 aromatic heterocycles. The van der Waals surface area contributed by atoms with E-state index in [0.29, 0.717) is 50.0 Å². The van der Waals surface area contributed by atoms with E-state index in [1.54, 1.807) is 4.90 Å². The number of carbonyl (C=O) groups excluding carboxylic acids is 2. The lowest BCUT2D eigenvalue weighted by molar-refractivity contribution is -0.149. The molecule has 8 heteroatoms. The van der Waals surface area contributed by atoms with Crippen molar-refractivity contribution in [3.63, 3.8) is 0 Å². The van der Waals surface area contributed by atoms with Gasteiger partial charge < -0.3 is 24.2 Å². The van der Waals surface area contributed by atoms with E-state index in [4.69, 9.17) is 21.1 Å². The molecule has 5 rings (SSSR count). The zero-order chi connectivity index (χ0) is 23.5. The van der Waals surface area contributed by atoms with Crippen molar-refractivity contribution in [1.29, 1.82) is 0 Å². The van der Waals surface area contributed by atoms with E-state index in [0.717, 1.165) is 42.7 Å². The number of ether oxygens (including phenoxy) is 2. The third-order valence-electron chi connectivity index (χ3n) is 6.87. The first kappa shape index (κ1) is 23.0. The second kappa shape index (κ2) is 10.2. The number of para-hydroxylation sites is 1. The van der Waals surface area contributed by atoms with Crippen LogP contribution in [0.1, 0.15) is 30.4 Å². The van der Waals surface area contributed by atoms with Crippen molar-refractivity contribution < 1.29 is 19.1 Å². The molecule has 0 unspecified atom stereocenters. The Bertz CT molecular complexity index is 1040. The van der Waals surface area contributed by atoms with Crippen LogP contribution in [0.2, 0.25) is 5.02 Å². The number of fused-ring (bicyclic) bond motifs is 1. The molecule has 34 heavy (non-hydrogen) atoms. The second-order valence-corrected chi connectivity index (χ2v) is 9.47. The van der Waals surface area contributed by atoms with Crippen LogP contribution >= 0.6 is 11.6 Å². The molecule has 2 fully saturated rings. The summed E-state index contributed by atoms with van der Waals surface area (Å²) in [7, 11) is 0. The van der Waals surface area contributed by atoms with Gasteiger partial charge in [-0.05, 0) is 54.7 Å². The minimum Gasteiger partial charge on any atom is -0.484 e. The highest BCUT2D eigenvalue weighted by Crippen LogP contribution is 2.35. The normalized spacial score (nSPS) is 20.3. The molecule has 3 heterocycles. The van der Waals surface area contributed by atoms with Gasteiger partial charge in [-0.25, -0.2) is 0 Å². The van der Waals surface area contributed by atoms with Gasteiger partial charge in [0.1, 0.15) is 11.8 Å². The van der Waals surface area contributed by atoms with Crippen molar-refractivity contribution in [3.8, 4) is 5.75 Å². The first-order chi connectivity index (χ1) is 16.6. The lowest BCUT2D eigenvalue weighted by atomic mass is 10.0. The average molecular weight is 484 g/mol. The molecule has 3 aliphatic rings. The Morgan fingerprint density at radius 1 is 1.00 bits per heavy atom. The third-order valence-corrected chi connectivity index (χ3v) is 7.17. The zero-order valence-electron chi connectivity index (χ0n) is 19.2. The first-order valence-corrected chi connectivity index (χ1v) is 12.4. The number of hydrogen-bond donors (Lipinski definition) is 0. The van der Waals surface area contributed by atoms with E-state index in [-0.39, 0.29) is 18.4 Å². The van der Waals surface area contributed by atoms with Gasteiger partial charge in [0.2, 0.25) is 5.91 Å². The van der Waals surface area contributed by atoms with Gasteiger partial charge in [0.05, 0.1) is 23.9 Å². The molecule has 0 saturated carbocycles. The fourth-order valence-corrected chi connectivity index (χ4v) is 5.36. The van der Waals surface area contributed by atoms with Crippen molar-refractivity contribution in [2.75, 3.05) is 44.4 Å². The van der Waals surface area contributed by atoms with Crippen LogP contribution in [0.3, 0.4) is 0 Å². The highest BCUT2D eigenvalue weighted by Gasteiger charge is 2.37. The van der Waals surface area contributed by atoms with Gasteiger partial charge in [-0.2, -0.15) is 0 Å². The SMILES string of the molecule is O=C([C@H]1CCCCN1C(=O)COc1ccccc1)N1Cc2cc(Cl)c(N3CCOCC3)cc2C1. The topological polar surface area (TPSA) is 62.3 Å². The van der Waals surface area contributed by atoms with Crippen LogP contribution in [0.4, 0.5) is 5.69 Å². The van der Waals surface area contributed by atoms with Crippen molar-refractivity contribution in [1.82, 2.24) is 9.80 Å². The number of benzene rings is 2. The number of nitrogens with zero attached hydrogens (tertiary/aromatic N) is 3. The number of carbonyl (C=O) groups is 2. The maximum Gasteiger partial charge on any atom is 0.261 e. The second-order valence-electron chi connectivity index (χ2n) is 9.07. The number of halogens is 1. The molecular formula is C26H30ClN3O4. The lowest BCUT2D eigenvalue weighted by Crippen LogP contribution is -2.53. The Morgan fingerprint density at radius 2 is 1.74 bits per heavy atom. The van der Waals surface area contributed by atoms with Crippen LogP contribution in [0.25, 0.3) is 0 Å². The molecule has 2 amide bonds. The summed E-state index contributed by atoms with van der Waals surface area (Å²) in [5.41, 5.74) is 3.21. The van der Waals surface area contributed by atoms with Gasteiger partial charge >= 0.3 is 0 Å². The quantitative estimate of drug-likeness (QED) is 0.651. The zero-order valence-corrected chi connectivity index (χ0v) is 20.0. The molecule has 0 spiro atoms. The van der Waals surface area contributed by atoms with Crippen LogP contribution < -0.4 is 9.64 Å². The number of amides is 2. The minimum atomic E-state index is -0.441. The van der Waals surface area contributed by atoms with Crippen LogP contribution in [0.15, 0.2) is 42.5 Å². The van der Waals surface area contributed by atoms with E-state index in [9.17, 15) is 9.59 Å². The van der Waals surface area contributed by atoms with Crippen LogP contribution in [-0.2, 0) is 27.4 Å². The number of piperidine rings is 1. The molecule has 180 valence electrons. The largest absolute Gasteiger partial charge is 0.484 e. The summed E-state index contributed by atoms with van der Waals surface area (Å²) >= 11 is 6.61. The van der Waals surface area contributed by atoms with E-state index >= 15 is 0 Å². The maximum atomic E-state index is 13.6. The summed E-state index contributed by atoms with van der Waals surface area (Å²) in [4.78, 5) is 32.4. The minimum absolute atomic E-state index is 0.00741. The van der Waals surface area contributed by atoms with E-state index in [1.165, 1.54) is 0 Å². The molecular weight excluding hydrogens is 454 g/mol. The number of morpholine rings is 1. The summed E-state index contributed by atoms with van der Waals surface area (Å²) in [5.74, 6) is 0.517. The first-order valence-electron chi connectivity index (χ1n) is 12.0. The fourth-order valence-electron chi connectivity index (χ4n) is 5.05. The van der Waals surface area contributed by atoms with Crippen LogP contribution in [0.5, 0.6) is 5.75 Å². The summed E-state index contributed by atoms with van der Waals surface area (Å²) in [6.07, 6.45) is 2.52. The van der Waals surface area contributed by atoms with Crippen molar-refractivity contribution >= 4 is 29.1 Å². The predicted octanol–water partition coefficient (Wildman–Crippen LogP) is 3.48. The predicted molar refractivity (Wildman–Crippen MR) is 130 cm³/mol. The average Bonchev–Trinajstić information content (AvgIpc) is 3.30. The number of hydrogen-bond acceptors (Lipinski definition) is 5. The van der Waals surface area contributed by atoms with Crippen LogP contribution in [-0.4, -0.2) is 67.1 Å². The molecule has 7 nitrogen and oxygen atoms in total. The molecule has 0 radical (unpaired) electrons. The molecule has 2 aromatic rings. The highest BCUT2D eigenvalue weighted by molar-refractivity contribution is 6.33. The molecule has 1 atom stereocenters. The van der Waals surface area contributed by atoms with Gasteiger partial charge in [0.25, 0.3) is 5.91 Å². The Balaban J connectivity index is 1.26. The standard InChI is InChI=1S/C26H30ClN3O4/c27-22-14-19-16-29(17-20(19)15-24(22)28-10-12-33-13-11-28)26(32)23-8-4-5-9-30(23)25(31)18-34-21-6-2-1-3-7-21/h1-3,6-7,14-15,23H,4-5,8-13,16-18H2/t23-/m1/s1. The van der Waals surface area contributed by atoms with Gasteiger partial charge in [-0.3, -0.25) is 9.59 Å². The van der Waals surface area contributed by atoms with E-state index in [2.05, 4.69) is 11.0 Å². The van der Waals surface area contributed by atoms with E-state index < -0.39 is 6.04 Å². The molecule has 0 aliphatic carbocycles. The van der Waals surface area contributed by atoms with Gasteiger partial charge in [0, 0.05) is 32.7 Å². The third kappa shape index (κ3) is 4.86. The summed E-state index contributed by atoms with van der Waals surface area (Å²) in [5, 5.41) is 0.711. The fraction of sp³-hybridized carbons (Fsp3) is 0.462. The monoisotopic (exact) mass is 483 g/mol. The summed E-state index contributed by atoms with van der Waals surface area (Å²) < 4.78 is 11.1. The van der Waals surface area contributed by atoms with Gasteiger partial charge in [-0.1, -0.05) is 29.8 Å². The molecule has 3 aliphatic heterocycles. The highest BCUT2D eigenvalue weighted by atomic mass is 35.5. The lowest BCUT2D eigenvalue weighted by Gasteiger charge is -2.36. The van der Waals surface area contributed by atoms with Crippen molar-refractivity contribution in [3.05, 3.63) is 58.6 Å². The van der Waals surface area contributed by atoms with E-state index in [1.807, 2.05) is 41.3 Å². The smallest absolute Gasteiger partial charge is 0.261 e. The Labute approximate surface area is 205 Å². The molecule has 2 saturated heterocycles.